The second-order valence-corrected chi connectivity index (χ2v) is 24.2. The van der Waals surface area contributed by atoms with Crippen LogP contribution in [0.4, 0.5) is 4.79 Å². The summed E-state index contributed by atoms with van der Waals surface area (Å²) in [7, 11) is -0.561. The number of nitrogens with one attached hydrogen (secondary N) is 3. The molecular weight excluding hydrogens is 905 g/mol. The van der Waals surface area contributed by atoms with Crippen molar-refractivity contribution in [2.24, 2.45) is 40.9 Å². The van der Waals surface area contributed by atoms with Crippen LogP contribution in [0.3, 0.4) is 0 Å². The Morgan fingerprint density at radius 3 is 1.67 bits per heavy atom. The lowest BCUT2D eigenvalue weighted by Gasteiger charge is -2.64. The van der Waals surface area contributed by atoms with Gasteiger partial charge < -0.3 is 34.7 Å². The van der Waals surface area contributed by atoms with Crippen molar-refractivity contribution >= 4 is 36.8 Å². The molecule has 3 saturated carbocycles. The van der Waals surface area contributed by atoms with E-state index in [1.165, 1.54) is 0 Å². The number of alkyl carbamates (subject to hydrolysis) is 1. The van der Waals surface area contributed by atoms with Crippen LogP contribution in [-0.4, -0.2) is 78.2 Å². The molecule has 3 aromatic carbocycles. The van der Waals surface area contributed by atoms with E-state index in [-0.39, 0.29) is 71.8 Å². The molecule has 394 valence electrons. The molecule has 8 atom stereocenters. The van der Waals surface area contributed by atoms with Gasteiger partial charge in [0.15, 0.2) is 5.78 Å². The fourth-order valence-corrected chi connectivity index (χ4v) is 10.6. The highest BCUT2D eigenvalue weighted by Gasteiger charge is 2.68. The predicted molar refractivity (Wildman–Crippen MR) is 285 cm³/mol. The summed E-state index contributed by atoms with van der Waals surface area (Å²) >= 11 is 0. The van der Waals surface area contributed by atoms with Gasteiger partial charge >= 0.3 is 19.2 Å². The fraction of sp³-hybridized carbons (Fsp3) is 0.610. The number of Topliss-reactive ketones (excluding diaryl/α,β-unsaturated/α-hetero) is 1. The molecule has 1 saturated heterocycles. The molecule has 72 heavy (non-hydrogen) atoms. The molecule has 0 radical (unpaired) electrons. The maximum Gasteiger partial charge on any atom is 0.481 e. The van der Waals surface area contributed by atoms with Crippen LogP contribution in [-0.2, 0) is 57.2 Å². The maximum absolute atomic E-state index is 14.3. The molecule has 4 fully saturated rings. The van der Waals surface area contributed by atoms with Crippen LogP contribution in [0.15, 0.2) is 91.0 Å². The van der Waals surface area contributed by atoms with E-state index >= 15 is 0 Å². The van der Waals surface area contributed by atoms with Crippen molar-refractivity contribution in [1.29, 1.82) is 0 Å². The summed E-state index contributed by atoms with van der Waals surface area (Å²) in [6.07, 6.45) is 4.32. The molecule has 3 N–H and O–H groups in total. The van der Waals surface area contributed by atoms with Gasteiger partial charge in [0.2, 0.25) is 11.8 Å². The van der Waals surface area contributed by atoms with Gasteiger partial charge in [0.05, 0.1) is 36.0 Å². The minimum Gasteiger partial charge on any atom is -0.460 e. The first kappa shape index (κ1) is 57.9. The Balaban J connectivity index is 0.000000338. The van der Waals surface area contributed by atoms with Crippen molar-refractivity contribution in [3.05, 3.63) is 108 Å². The molecule has 3 aliphatic carbocycles. The largest absolute Gasteiger partial charge is 0.481 e. The molecule has 3 amide bonds. The molecule has 2 bridgehead atoms. The van der Waals surface area contributed by atoms with Crippen LogP contribution in [0.5, 0.6) is 0 Å². The monoisotopic (exact) mass is 992 g/mol. The zero-order valence-electron chi connectivity index (χ0n) is 45.7. The van der Waals surface area contributed by atoms with Crippen LogP contribution < -0.4 is 16.0 Å². The van der Waals surface area contributed by atoms with E-state index < -0.39 is 42.3 Å². The second kappa shape index (κ2) is 25.3. The van der Waals surface area contributed by atoms with Crippen molar-refractivity contribution in [1.82, 2.24) is 16.0 Å². The highest BCUT2D eigenvalue weighted by Crippen LogP contribution is 2.65. The van der Waals surface area contributed by atoms with Crippen LogP contribution in [0.2, 0.25) is 0 Å². The molecule has 13 heteroatoms. The molecule has 3 aromatic rings. The molecule has 6 unspecified atom stereocenters. The molecule has 1 heterocycles. The van der Waals surface area contributed by atoms with Gasteiger partial charge in [0.25, 0.3) is 0 Å². The Labute approximate surface area is 431 Å². The van der Waals surface area contributed by atoms with Crippen molar-refractivity contribution < 1.29 is 42.8 Å². The van der Waals surface area contributed by atoms with Gasteiger partial charge in [0, 0.05) is 18.9 Å². The summed E-state index contributed by atoms with van der Waals surface area (Å²) in [6, 6.07) is 28.2. The lowest BCUT2D eigenvalue weighted by Crippen LogP contribution is -2.65. The summed E-state index contributed by atoms with van der Waals surface area (Å²) in [5, 5.41) is 9.06. The first-order valence-electron chi connectivity index (χ1n) is 26.5. The topological polar surface area (TPSA) is 158 Å². The summed E-state index contributed by atoms with van der Waals surface area (Å²) < 4.78 is 24.3. The number of amides is 3. The third-order valence-corrected chi connectivity index (χ3v) is 14.4. The zero-order chi connectivity index (χ0) is 53.0. The first-order chi connectivity index (χ1) is 33.7. The number of esters is 1. The Morgan fingerprint density at radius 2 is 1.18 bits per heavy atom. The zero-order valence-corrected chi connectivity index (χ0v) is 45.7. The third-order valence-electron chi connectivity index (χ3n) is 14.4. The lowest BCUT2D eigenvalue weighted by atomic mass is 9.43. The van der Waals surface area contributed by atoms with Crippen LogP contribution >= 0.6 is 0 Å². The molecule has 4 aliphatic rings. The molecule has 0 spiro atoms. The van der Waals surface area contributed by atoms with Crippen molar-refractivity contribution in [2.75, 3.05) is 6.54 Å². The Kier molecular flexibility index (Phi) is 20.3. The van der Waals surface area contributed by atoms with Gasteiger partial charge in [0.1, 0.15) is 11.2 Å². The minimum absolute atomic E-state index is 0.00482. The van der Waals surface area contributed by atoms with Crippen molar-refractivity contribution in [3.8, 4) is 0 Å². The third kappa shape index (κ3) is 17.3. The maximum atomic E-state index is 14.3. The standard InChI is InChI=1S/C39H55BN2O6.C20H31NO3/c1-25(2)19-34(40-47-33-24-29-23-32(38(29,6)7)39(33,8)48-40)42-35(44)28(20-26-15-11-9-12-16-26)22-31(43)30(21-27-17-13-10-14-18-27)41-36(45)46-37(3,4)5;1-15(2)11-12-21-19(23)17(13-16-9-7-6-8-10-16)14-18(22)24-20(3,4)5/h9-18,25,28-30,32-34H,19-24H2,1-8H3,(H,41,45)(H,42,44);6-10,15,17H,11-14H2,1-5H3,(H,21,23)/t28-,29?,30?,32?,33?,34?,39?;17-/m11/s1. The van der Waals surface area contributed by atoms with Gasteiger partial charge in [-0.05, 0) is 139 Å². The van der Waals surface area contributed by atoms with E-state index in [9.17, 15) is 24.0 Å². The fourth-order valence-electron chi connectivity index (χ4n) is 10.6. The van der Waals surface area contributed by atoms with E-state index in [1.807, 2.05) is 112 Å². The molecule has 7 rings (SSSR count). The minimum atomic E-state index is -0.862. The van der Waals surface area contributed by atoms with E-state index in [0.717, 1.165) is 36.0 Å². The van der Waals surface area contributed by atoms with Gasteiger partial charge in [-0.15, -0.1) is 0 Å². The number of benzene rings is 3. The predicted octanol–water partition coefficient (Wildman–Crippen LogP) is 10.5. The van der Waals surface area contributed by atoms with Crippen LogP contribution in [0, 0.1) is 40.9 Å². The number of hydrogen-bond donors (Lipinski definition) is 3. The van der Waals surface area contributed by atoms with E-state index in [1.54, 1.807) is 20.8 Å². The van der Waals surface area contributed by atoms with Gasteiger partial charge in [-0.3, -0.25) is 19.2 Å². The SMILES string of the molecule is CC(C)CC(NC(=O)[C@@H](CC(=O)C(Cc1ccccc1)NC(=O)OC(C)(C)C)Cc1ccccc1)B1OC2CC3CC(C3(C)C)C2(C)O1.CC(C)CCNC(=O)[C@@H](CC(=O)OC(C)(C)C)Cc1ccccc1. The summed E-state index contributed by atoms with van der Waals surface area (Å²) in [6.45, 7) is 26.8. The summed E-state index contributed by atoms with van der Waals surface area (Å²) in [5.41, 5.74) is 1.47. The average Bonchev–Trinajstić information content (AvgIpc) is 3.65. The molecule has 0 aromatic heterocycles. The van der Waals surface area contributed by atoms with Crippen molar-refractivity contribution in [3.63, 3.8) is 0 Å². The van der Waals surface area contributed by atoms with Crippen LogP contribution in [0.1, 0.15) is 145 Å². The van der Waals surface area contributed by atoms with Crippen LogP contribution in [0.25, 0.3) is 0 Å². The Bertz CT molecular complexity index is 2230. The Hall–Kier alpha value is -5.01. The van der Waals surface area contributed by atoms with E-state index in [2.05, 4.69) is 64.4 Å². The first-order valence-corrected chi connectivity index (χ1v) is 26.5. The van der Waals surface area contributed by atoms with Gasteiger partial charge in [-0.1, -0.05) is 133 Å². The normalized spacial score (nSPS) is 21.7. The van der Waals surface area contributed by atoms with E-state index in [4.69, 9.17) is 18.8 Å². The highest BCUT2D eigenvalue weighted by molar-refractivity contribution is 6.48. The number of hydrogen-bond acceptors (Lipinski definition) is 9. The number of ketones is 1. The number of ether oxygens (including phenoxy) is 2. The highest BCUT2D eigenvalue weighted by atomic mass is 16.7. The molecule has 1 aliphatic heterocycles. The van der Waals surface area contributed by atoms with Crippen molar-refractivity contribution in [2.45, 2.75) is 183 Å². The van der Waals surface area contributed by atoms with E-state index in [0.29, 0.717) is 43.6 Å². The number of rotatable bonds is 21. The smallest absolute Gasteiger partial charge is 0.460 e. The quantitative estimate of drug-likeness (QED) is 0.0698. The average molecular weight is 992 g/mol. The summed E-state index contributed by atoms with van der Waals surface area (Å²) in [4.78, 5) is 65.9. The van der Waals surface area contributed by atoms with Gasteiger partial charge in [-0.25, -0.2) is 4.79 Å². The van der Waals surface area contributed by atoms with Gasteiger partial charge in [-0.2, -0.15) is 0 Å². The number of carbonyl (C=O) groups excluding carboxylic acids is 5. The lowest BCUT2D eigenvalue weighted by molar-refractivity contribution is -0.199. The molecular formula is C59H86BN3O9. The number of carbonyl (C=O) groups is 5. The second-order valence-electron chi connectivity index (χ2n) is 24.2. The molecule has 12 nitrogen and oxygen atoms in total. The summed E-state index contributed by atoms with van der Waals surface area (Å²) in [5.74, 6) is -0.443. The Morgan fingerprint density at radius 1 is 0.667 bits per heavy atom.